The Morgan fingerprint density at radius 1 is 1.47 bits per heavy atom. The van der Waals surface area contributed by atoms with Crippen LogP contribution in [0.15, 0.2) is 22.7 Å². The van der Waals surface area contributed by atoms with E-state index in [0.717, 1.165) is 30.3 Å². The van der Waals surface area contributed by atoms with Gasteiger partial charge in [0.2, 0.25) is 0 Å². The van der Waals surface area contributed by atoms with Gasteiger partial charge in [-0.25, -0.2) is 0 Å². The monoisotopic (exact) mass is 293 g/mol. The standard InChI is InChI=1S/C15H20BrN/c1-4-6-7-15(17-10-5-2)14-11-13(16)9-8-12(14)3/h1,8-9,11,15,17H,5-7,10H2,2-3H3. The molecule has 1 atom stereocenters. The number of hydrogen-bond acceptors (Lipinski definition) is 1. The summed E-state index contributed by atoms with van der Waals surface area (Å²) in [6, 6.07) is 6.79. The van der Waals surface area contributed by atoms with E-state index in [4.69, 9.17) is 6.42 Å². The molecule has 1 nitrogen and oxygen atoms in total. The number of halogens is 1. The van der Waals surface area contributed by atoms with Crippen molar-refractivity contribution in [3.05, 3.63) is 33.8 Å². The maximum absolute atomic E-state index is 5.36. The Morgan fingerprint density at radius 3 is 2.88 bits per heavy atom. The summed E-state index contributed by atoms with van der Waals surface area (Å²) in [5, 5.41) is 3.57. The van der Waals surface area contributed by atoms with Gasteiger partial charge in [-0.3, -0.25) is 0 Å². The third kappa shape index (κ3) is 4.53. The lowest BCUT2D eigenvalue weighted by molar-refractivity contribution is 0.503. The fraction of sp³-hybridized carbons (Fsp3) is 0.467. The molecular weight excluding hydrogens is 274 g/mol. The Hall–Kier alpha value is -0.780. The number of nitrogens with one attached hydrogen (secondary N) is 1. The zero-order chi connectivity index (χ0) is 12.7. The van der Waals surface area contributed by atoms with Crippen molar-refractivity contribution in [1.29, 1.82) is 0 Å². The van der Waals surface area contributed by atoms with E-state index in [-0.39, 0.29) is 0 Å². The van der Waals surface area contributed by atoms with E-state index in [1.807, 2.05) is 0 Å². The normalized spacial score (nSPS) is 12.1. The van der Waals surface area contributed by atoms with E-state index in [9.17, 15) is 0 Å². The Balaban J connectivity index is 2.86. The van der Waals surface area contributed by atoms with Gasteiger partial charge in [-0.2, -0.15) is 0 Å². The molecule has 1 aromatic rings. The van der Waals surface area contributed by atoms with Crippen molar-refractivity contribution in [2.45, 2.75) is 39.2 Å². The van der Waals surface area contributed by atoms with Gasteiger partial charge in [0, 0.05) is 16.9 Å². The Morgan fingerprint density at radius 2 is 2.24 bits per heavy atom. The number of aryl methyl sites for hydroxylation is 1. The first kappa shape index (κ1) is 14.3. The molecule has 0 spiro atoms. The largest absolute Gasteiger partial charge is 0.310 e. The smallest absolute Gasteiger partial charge is 0.0332 e. The van der Waals surface area contributed by atoms with Crippen LogP contribution in [0.2, 0.25) is 0 Å². The minimum absolute atomic E-state index is 0.364. The molecule has 0 aliphatic rings. The lowest BCUT2D eigenvalue weighted by Gasteiger charge is -2.20. The highest BCUT2D eigenvalue weighted by Gasteiger charge is 2.12. The lowest BCUT2D eigenvalue weighted by Crippen LogP contribution is -2.22. The van der Waals surface area contributed by atoms with Crippen molar-refractivity contribution in [2.75, 3.05) is 6.54 Å². The molecule has 0 fully saturated rings. The fourth-order valence-electron chi connectivity index (χ4n) is 1.90. The molecule has 0 saturated heterocycles. The SMILES string of the molecule is C#CCCC(NCCC)c1cc(Br)ccc1C. The second-order valence-corrected chi connectivity index (χ2v) is 5.17. The van der Waals surface area contributed by atoms with Crippen LogP contribution in [-0.4, -0.2) is 6.54 Å². The van der Waals surface area contributed by atoms with Gasteiger partial charge in [-0.1, -0.05) is 28.9 Å². The van der Waals surface area contributed by atoms with Crippen molar-refractivity contribution < 1.29 is 0 Å². The van der Waals surface area contributed by atoms with Crippen LogP contribution in [0.1, 0.15) is 43.4 Å². The molecule has 0 aromatic heterocycles. The van der Waals surface area contributed by atoms with E-state index in [0.29, 0.717) is 6.04 Å². The highest BCUT2D eigenvalue weighted by atomic mass is 79.9. The summed E-state index contributed by atoms with van der Waals surface area (Å²) in [6.45, 7) is 5.36. The van der Waals surface area contributed by atoms with Gasteiger partial charge in [0.1, 0.15) is 0 Å². The Labute approximate surface area is 113 Å². The van der Waals surface area contributed by atoms with Crippen molar-refractivity contribution >= 4 is 15.9 Å². The van der Waals surface area contributed by atoms with Gasteiger partial charge >= 0.3 is 0 Å². The van der Waals surface area contributed by atoms with Crippen LogP contribution in [0.5, 0.6) is 0 Å². The van der Waals surface area contributed by atoms with Crippen LogP contribution in [0.25, 0.3) is 0 Å². The lowest BCUT2D eigenvalue weighted by atomic mass is 9.97. The second-order valence-electron chi connectivity index (χ2n) is 4.25. The fourth-order valence-corrected chi connectivity index (χ4v) is 2.28. The first-order chi connectivity index (χ1) is 8.19. The molecule has 0 amide bonds. The molecule has 0 aliphatic carbocycles. The van der Waals surface area contributed by atoms with Crippen LogP contribution >= 0.6 is 15.9 Å². The summed E-state index contributed by atoms with van der Waals surface area (Å²) in [5.74, 6) is 2.73. The second kappa shape index (κ2) is 7.53. The van der Waals surface area contributed by atoms with E-state index >= 15 is 0 Å². The number of hydrogen-bond donors (Lipinski definition) is 1. The molecule has 1 rings (SSSR count). The summed E-state index contributed by atoms with van der Waals surface area (Å²) in [4.78, 5) is 0. The summed E-state index contributed by atoms with van der Waals surface area (Å²) in [5.41, 5.74) is 2.67. The molecule has 1 unspecified atom stereocenters. The zero-order valence-corrected chi connectivity index (χ0v) is 12.2. The predicted molar refractivity (Wildman–Crippen MR) is 78.0 cm³/mol. The van der Waals surface area contributed by atoms with E-state index in [2.05, 4.69) is 59.2 Å². The molecule has 0 saturated carbocycles. The molecule has 0 aliphatic heterocycles. The van der Waals surface area contributed by atoms with Gasteiger partial charge in [0.15, 0.2) is 0 Å². The number of benzene rings is 1. The molecule has 0 heterocycles. The quantitative estimate of drug-likeness (QED) is 0.775. The molecule has 1 aromatic carbocycles. The van der Waals surface area contributed by atoms with E-state index < -0.39 is 0 Å². The molecule has 92 valence electrons. The summed E-state index contributed by atoms with van der Waals surface area (Å²) in [6.07, 6.45) is 8.31. The van der Waals surface area contributed by atoms with E-state index in [1.54, 1.807) is 0 Å². The van der Waals surface area contributed by atoms with Crippen LogP contribution in [0.4, 0.5) is 0 Å². The number of rotatable bonds is 6. The summed E-state index contributed by atoms with van der Waals surface area (Å²) < 4.78 is 1.13. The molecule has 2 heteroatoms. The van der Waals surface area contributed by atoms with Gasteiger partial charge in [-0.15, -0.1) is 12.3 Å². The van der Waals surface area contributed by atoms with Crippen molar-refractivity contribution in [3.8, 4) is 12.3 Å². The highest BCUT2D eigenvalue weighted by molar-refractivity contribution is 9.10. The van der Waals surface area contributed by atoms with Gasteiger partial charge in [-0.05, 0) is 49.6 Å². The first-order valence-electron chi connectivity index (χ1n) is 6.12. The summed E-state index contributed by atoms with van der Waals surface area (Å²) >= 11 is 3.53. The van der Waals surface area contributed by atoms with Crippen LogP contribution in [0.3, 0.4) is 0 Å². The minimum atomic E-state index is 0.364. The van der Waals surface area contributed by atoms with E-state index in [1.165, 1.54) is 11.1 Å². The van der Waals surface area contributed by atoms with Crippen LogP contribution in [0, 0.1) is 19.3 Å². The topological polar surface area (TPSA) is 12.0 Å². The van der Waals surface area contributed by atoms with Crippen LogP contribution in [-0.2, 0) is 0 Å². The van der Waals surface area contributed by atoms with Crippen molar-refractivity contribution in [3.63, 3.8) is 0 Å². The van der Waals surface area contributed by atoms with Gasteiger partial charge in [0.05, 0.1) is 0 Å². The first-order valence-corrected chi connectivity index (χ1v) is 6.91. The van der Waals surface area contributed by atoms with Crippen LogP contribution < -0.4 is 5.32 Å². The molecule has 1 N–H and O–H groups in total. The summed E-state index contributed by atoms with van der Waals surface area (Å²) in [7, 11) is 0. The molecule has 0 radical (unpaired) electrons. The van der Waals surface area contributed by atoms with Crippen molar-refractivity contribution in [2.24, 2.45) is 0 Å². The molecule has 17 heavy (non-hydrogen) atoms. The van der Waals surface area contributed by atoms with Gasteiger partial charge in [0.25, 0.3) is 0 Å². The predicted octanol–water partition coefficient (Wildman–Crippen LogP) is 4.21. The Kier molecular flexibility index (Phi) is 6.32. The maximum Gasteiger partial charge on any atom is 0.0332 e. The maximum atomic E-state index is 5.36. The molecule has 0 bridgehead atoms. The highest BCUT2D eigenvalue weighted by Crippen LogP contribution is 2.25. The minimum Gasteiger partial charge on any atom is -0.310 e. The average Bonchev–Trinajstić information content (AvgIpc) is 2.33. The zero-order valence-electron chi connectivity index (χ0n) is 10.6. The third-order valence-corrected chi connectivity index (χ3v) is 3.33. The van der Waals surface area contributed by atoms with Crippen molar-refractivity contribution in [1.82, 2.24) is 5.32 Å². The Bertz CT molecular complexity index is 392. The molecular formula is C15H20BrN. The average molecular weight is 294 g/mol. The van der Waals surface area contributed by atoms with Gasteiger partial charge < -0.3 is 5.32 Å². The number of terminal acetylenes is 1. The third-order valence-electron chi connectivity index (χ3n) is 2.83.